The normalized spacial score (nSPS) is 22.5. The van der Waals surface area contributed by atoms with Crippen LogP contribution >= 0.6 is 0 Å². The number of allylic oxidation sites excluding steroid dienone is 1. The molecule has 3 N–H and O–H groups in total. The van der Waals surface area contributed by atoms with Crippen LogP contribution in [0.1, 0.15) is 68.4 Å². The van der Waals surface area contributed by atoms with Gasteiger partial charge in [0, 0.05) is 37.7 Å². The Morgan fingerprint density at radius 2 is 1.58 bits per heavy atom. The zero-order chi connectivity index (χ0) is 45.4. The lowest BCUT2D eigenvalue weighted by Crippen LogP contribution is -2.70. The number of fused-ring (bicyclic) bond motifs is 3. The van der Waals surface area contributed by atoms with Crippen molar-refractivity contribution in [2.24, 2.45) is 22.9 Å². The molecule has 1 amide bonds. The van der Waals surface area contributed by atoms with Crippen LogP contribution in [0.5, 0.6) is 17.2 Å². The molecule has 0 saturated heterocycles. The first kappa shape index (κ1) is 47.5. The largest absolute Gasteiger partial charge is 0.459 e. The number of hydrogen-bond donors (Lipinski definition) is 3. The molecule has 65 heavy (non-hydrogen) atoms. The number of hydrogen-bond acceptors (Lipinski definition) is 11. The molecule has 1 heterocycles. The highest BCUT2D eigenvalue weighted by Crippen LogP contribution is 2.62. The van der Waals surface area contributed by atoms with Crippen LogP contribution < -0.4 is 9.47 Å². The van der Waals surface area contributed by atoms with Gasteiger partial charge in [0.15, 0.2) is 0 Å². The summed E-state index contributed by atoms with van der Waals surface area (Å²) in [5, 5.41) is 36.7. The van der Waals surface area contributed by atoms with Crippen molar-refractivity contribution in [1.82, 2.24) is 4.90 Å². The Hall–Kier alpha value is -5.50. The van der Waals surface area contributed by atoms with Crippen LogP contribution in [0.15, 0.2) is 133 Å². The molecule has 3 aliphatic rings. The lowest BCUT2D eigenvalue weighted by atomic mass is 9.55. The van der Waals surface area contributed by atoms with Gasteiger partial charge in [-0.15, -0.1) is 13.2 Å². The maximum absolute atomic E-state index is 14.5. The second-order valence-electron chi connectivity index (χ2n) is 16.9. The van der Waals surface area contributed by atoms with E-state index in [4.69, 9.17) is 33.7 Å². The van der Waals surface area contributed by atoms with Crippen LogP contribution in [-0.4, -0.2) is 96.6 Å². The number of rotatable bonds is 25. The Morgan fingerprint density at radius 3 is 2.35 bits per heavy atom. The molecule has 0 radical (unpaired) electrons. The van der Waals surface area contributed by atoms with Crippen molar-refractivity contribution >= 4 is 22.6 Å². The number of benzene rings is 4. The third kappa shape index (κ3) is 11.3. The Balaban J connectivity index is 1.42. The van der Waals surface area contributed by atoms with Crippen LogP contribution in [0.25, 0.3) is 10.8 Å². The van der Waals surface area contributed by atoms with Crippen molar-refractivity contribution in [2.45, 2.75) is 75.7 Å². The fourth-order valence-corrected chi connectivity index (χ4v) is 9.85. The number of unbranched alkanes of at least 4 members (excludes halogenated alkanes) is 2. The molecule has 0 bridgehead atoms. The molecule has 0 aromatic heterocycles. The standard InChI is InChI=1S/C53H64N2O10/c1-3-5-30-61-52(59)55(25-31-60-32-28-58)49-36-47(54-63-37-38-15-7-6-8-16-38)45-34-41(19-11-13-26-56)44(20-12-14-27-57)50-46-35-43(64-42-22-21-39-17-9-10-18-40(39)33-42)23-24-48(46)65-53(49,51(45)50)62-29-4-2/h3-4,6-10,15-18,21-24,33-35,41,44,49-51,56-58H,1-2,5,11-14,19-20,25-32,36-37H2/t41-,44+,49-,50+,51+,53+/m0/s1. The Labute approximate surface area is 382 Å². The fraction of sp³-hybridized carbons (Fsp3) is 0.434. The van der Waals surface area contributed by atoms with Gasteiger partial charge in [-0.2, -0.15) is 0 Å². The number of ether oxygens (including phenoxy) is 5. The van der Waals surface area contributed by atoms with E-state index in [1.165, 1.54) is 0 Å². The van der Waals surface area contributed by atoms with E-state index < -0.39 is 23.8 Å². The molecule has 0 unspecified atom stereocenters. The van der Waals surface area contributed by atoms with Crippen LogP contribution in [0.3, 0.4) is 0 Å². The number of carbonyl (C=O) groups is 1. The molecule has 1 saturated carbocycles. The second kappa shape index (κ2) is 23.6. The molecule has 12 heteroatoms. The van der Waals surface area contributed by atoms with Gasteiger partial charge in [-0.05, 0) is 96.2 Å². The van der Waals surface area contributed by atoms with Gasteiger partial charge >= 0.3 is 6.09 Å². The summed E-state index contributed by atoms with van der Waals surface area (Å²) >= 11 is 0. The van der Waals surface area contributed by atoms with Gasteiger partial charge < -0.3 is 43.8 Å². The minimum absolute atomic E-state index is 0.0189. The van der Waals surface area contributed by atoms with Gasteiger partial charge in [0.25, 0.3) is 0 Å². The first-order valence-corrected chi connectivity index (χ1v) is 23.1. The molecule has 0 spiro atoms. The molecule has 4 aromatic rings. The zero-order valence-corrected chi connectivity index (χ0v) is 37.3. The number of oxime groups is 1. The molecular weight excluding hydrogens is 825 g/mol. The van der Waals surface area contributed by atoms with Gasteiger partial charge in [-0.1, -0.05) is 96.9 Å². The maximum Gasteiger partial charge on any atom is 0.410 e. The van der Waals surface area contributed by atoms with E-state index in [0.717, 1.165) is 53.2 Å². The van der Waals surface area contributed by atoms with Crippen molar-refractivity contribution in [2.75, 3.05) is 52.8 Å². The average Bonchev–Trinajstić information content (AvgIpc) is 3.33. The lowest BCUT2D eigenvalue weighted by molar-refractivity contribution is -0.256. The topological polar surface area (TPSA) is 149 Å². The molecule has 4 aromatic carbocycles. The number of nitrogens with zero attached hydrogens (tertiary/aromatic N) is 2. The van der Waals surface area contributed by atoms with Crippen LogP contribution in [0.4, 0.5) is 4.79 Å². The Bertz CT molecular complexity index is 2250. The molecule has 346 valence electrons. The quantitative estimate of drug-likeness (QED) is 0.0334. The van der Waals surface area contributed by atoms with E-state index in [0.29, 0.717) is 42.2 Å². The van der Waals surface area contributed by atoms with Gasteiger partial charge in [-0.3, -0.25) is 4.90 Å². The molecule has 2 aliphatic carbocycles. The summed E-state index contributed by atoms with van der Waals surface area (Å²) < 4.78 is 32.8. The van der Waals surface area contributed by atoms with E-state index in [-0.39, 0.29) is 83.6 Å². The molecule has 12 nitrogen and oxygen atoms in total. The fourth-order valence-electron chi connectivity index (χ4n) is 9.85. The number of amides is 1. The van der Waals surface area contributed by atoms with E-state index in [2.05, 4.69) is 43.5 Å². The van der Waals surface area contributed by atoms with E-state index in [1.54, 1.807) is 17.1 Å². The number of aliphatic hydroxyl groups excluding tert-OH is 3. The molecule has 1 aliphatic heterocycles. The number of carbonyl (C=O) groups excluding carboxylic acids is 1. The summed E-state index contributed by atoms with van der Waals surface area (Å²) in [5.74, 6) is -0.261. The lowest BCUT2D eigenvalue weighted by Gasteiger charge is -2.59. The van der Waals surface area contributed by atoms with Gasteiger partial charge in [0.1, 0.15) is 29.9 Å². The molecule has 6 atom stereocenters. The Morgan fingerprint density at radius 1 is 0.831 bits per heavy atom. The summed E-state index contributed by atoms with van der Waals surface area (Å²) in [6.07, 6.45) is 10.3. The highest BCUT2D eigenvalue weighted by Gasteiger charge is 2.65. The average molecular weight is 889 g/mol. The van der Waals surface area contributed by atoms with Gasteiger partial charge in [0.05, 0.1) is 44.7 Å². The highest BCUT2D eigenvalue weighted by molar-refractivity contribution is 6.03. The third-order valence-corrected chi connectivity index (χ3v) is 12.7. The summed E-state index contributed by atoms with van der Waals surface area (Å²) in [6, 6.07) is 29.2. The van der Waals surface area contributed by atoms with Crippen LogP contribution in [0, 0.1) is 17.8 Å². The SMILES string of the molecule is C=CCCOC(=O)N(CCOCCO)[C@H]1CC(=NOCc2ccccc2)C2=C[C@H](CCCCO)[C@@H](CCCCO)[C@@H]3c4cc(Oc5ccc6ccccc6c5)ccc4O[C@@]1(OCC=C)[C@H]23. The number of aliphatic hydroxyl groups is 3. The van der Waals surface area contributed by atoms with Crippen LogP contribution in [-0.2, 0) is 25.7 Å². The van der Waals surface area contributed by atoms with Gasteiger partial charge in [-0.25, -0.2) is 4.79 Å². The first-order valence-electron chi connectivity index (χ1n) is 23.1. The monoisotopic (exact) mass is 888 g/mol. The molecule has 7 rings (SSSR count). The summed E-state index contributed by atoms with van der Waals surface area (Å²) in [7, 11) is 0. The van der Waals surface area contributed by atoms with Crippen molar-refractivity contribution < 1.29 is 48.6 Å². The Kier molecular flexibility index (Phi) is 17.2. The van der Waals surface area contributed by atoms with Crippen molar-refractivity contribution in [3.8, 4) is 17.2 Å². The predicted molar refractivity (Wildman–Crippen MR) is 251 cm³/mol. The minimum Gasteiger partial charge on any atom is -0.459 e. The second-order valence-corrected chi connectivity index (χ2v) is 16.9. The highest BCUT2D eigenvalue weighted by atomic mass is 16.7. The van der Waals surface area contributed by atoms with E-state index in [9.17, 15) is 20.1 Å². The molecular formula is C53H64N2O10. The van der Waals surface area contributed by atoms with E-state index in [1.807, 2.05) is 66.7 Å². The smallest absolute Gasteiger partial charge is 0.410 e. The van der Waals surface area contributed by atoms with Crippen LogP contribution in [0.2, 0.25) is 0 Å². The third-order valence-electron chi connectivity index (χ3n) is 12.7. The maximum atomic E-state index is 14.5. The zero-order valence-electron chi connectivity index (χ0n) is 37.3. The summed E-state index contributed by atoms with van der Waals surface area (Å²) in [4.78, 5) is 22.3. The predicted octanol–water partition coefficient (Wildman–Crippen LogP) is 9.49. The minimum atomic E-state index is -1.49. The molecule has 1 fully saturated rings. The van der Waals surface area contributed by atoms with E-state index >= 15 is 0 Å². The van der Waals surface area contributed by atoms with Gasteiger partial charge in [0.2, 0.25) is 5.79 Å². The van der Waals surface area contributed by atoms with Crippen molar-refractivity contribution in [1.29, 1.82) is 0 Å². The van der Waals surface area contributed by atoms with Crippen molar-refractivity contribution in [3.05, 3.63) is 139 Å². The summed E-state index contributed by atoms with van der Waals surface area (Å²) in [5.41, 5.74) is 3.47. The summed E-state index contributed by atoms with van der Waals surface area (Å²) in [6.45, 7) is 8.62. The first-order chi connectivity index (χ1) is 31.9. The van der Waals surface area contributed by atoms with Crippen molar-refractivity contribution in [3.63, 3.8) is 0 Å².